The molecule has 0 aliphatic carbocycles. The van der Waals surface area contributed by atoms with Crippen LogP contribution in [-0.2, 0) is 9.53 Å². The van der Waals surface area contributed by atoms with E-state index in [4.69, 9.17) is 0 Å². The summed E-state index contributed by atoms with van der Waals surface area (Å²) in [4.78, 5) is 10.4. The molecule has 0 aromatic heterocycles. The Morgan fingerprint density at radius 3 is 2.50 bits per heavy atom. The number of esters is 1. The average Bonchev–Trinajstić information content (AvgIpc) is 1.91. The van der Waals surface area contributed by atoms with E-state index in [1.807, 2.05) is 6.92 Å². The second-order valence-corrected chi connectivity index (χ2v) is 1.86. The van der Waals surface area contributed by atoms with Gasteiger partial charge in [0.05, 0.1) is 12.5 Å². The van der Waals surface area contributed by atoms with Crippen LogP contribution in [0, 0.1) is 5.92 Å². The zero-order valence-corrected chi connectivity index (χ0v) is 4.31. The van der Waals surface area contributed by atoms with E-state index in [2.05, 4.69) is 4.74 Å². The van der Waals surface area contributed by atoms with E-state index >= 15 is 0 Å². The molecular formula is C5H9NaO2. The van der Waals surface area contributed by atoms with Gasteiger partial charge >= 0.3 is 35.5 Å². The summed E-state index contributed by atoms with van der Waals surface area (Å²) in [6, 6.07) is 0. The molecule has 0 aromatic rings. The van der Waals surface area contributed by atoms with E-state index < -0.39 is 0 Å². The van der Waals surface area contributed by atoms with Crippen LogP contribution in [0.4, 0.5) is 0 Å². The minimum absolute atomic E-state index is 0. The number of carbonyl (C=O) groups excluding carboxylic acids is 1. The molecule has 0 N–H and O–H groups in total. The molecule has 42 valence electrons. The molecule has 1 atom stereocenters. The van der Waals surface area contributed by atoms with E-state index in [1.165, 1.54) is 0 Å². The van der Waals surface area contributed by atoms with Crippen molar-refractivity contribution in [1.29, 1.82) is 0 Å². The topological polar surface area (TPSA) is 26.3 Å². The first-order chi connectivity index (χ1) is 3.30. The predicted molar refractivity (Wildman–Crippen MR) is 31.9 cm³/mol. The maximum absolute atomic E-state index is 10.4. The second kappa shape index (κ2) is 3.49. The molecule has 0 radical (unpaired) electrons. The second-order valence-electron chi connectivity index (χ2n) is 1.86. The van der Waals surface area contributed by atoms with E-state index in [1.54, 1.807) is 0 Å². The summed E-state index contributed by atoms with van der Waals surface area (Å²) in [5.74, 6) is 0.111. The van der Waals surface area contributed by atoms with Crippen LogP contribution in [0.1, 0.15) is 13.3 Å². The van der Waals surface area contributed by atoms with Gasteiger partial charge in [-0.2, -0.15) is 0 Å². The standard InChI is InChI=1S/C5H8O2.Na.H/c1-4-2-3-7-5(4)6;;/h4H,2-3H2,1H3;;. The van der Waals surface area contributed by atoms with E-state index in [-0.39, 0.29) is 41.4 Å². The zero-order valence-electron chi connectivity index (χ0n) is 4.31. The molecule has 3 heteroatoms. The van der Waals surface area contributed by atoms with Crippen LogP contribution in [0.3, 0.4) is 0 Å². The fourth-order valence-electron chi connectivity index (χ4n) is 0.596. The van der Waals surface area contributed by atoms with Crippen molar-refractivity contribution >= 4 is 35.5 Å². The summed E-state index contributed by atoms with van der Waals surface area (Å²) in [6.45, 7) is 2.51. The summed E-state index contributed by atoms with van der Waals surface area (Å²) in [5, 5.41) is 0. The van der Waals surface area contributed by atoms with Gasteiger partial charge in [-0.05, 0) is 6.42 Å². The van der Waals surface area contributed by atoms with Crippen LogP contribution in [0.15, 0.2) is 0 Å². The number of ether oxygens (including phenoxy) is 1. The van der Waals surface area contributed by atoms with Crippen molar-refractivity contribution in [3.8, 4) is 0 Å². The van der Waals surface area contributed by atoms with Crippen LogP contribution >= 0.6 is 0 Å². The molecule has 1 rings (SSSR count). The monoisotopic (exact) mass is 124 g/mol. The maximum atomic E-state index is 10.4. The molecule has 8 heavy (non-hydrogen) atoms. The Balaban J connectivity index is 0.000000490. The molecule has 1 aliphatic heterocycles. The van der Waals surface area contributed by atoms with Gasteiger partial charge < -0.3 is 4.74 Å². The van der Waals surface area contributed by atoms with Crippen LogP contribution < -0.4 is 0 Å². The SMILES string of the molecule is CC1CCOC1=O.[NaH]. The van der Waals surface area contributed by atoms with Gasteiger partial charge in [-0.3, -0.25) is 4.79 Å². The number of hydrogen-bond acceptors (Lipinski definition) is 2. The third kappa shape index (κ3) is 1.77. The van der Waals surface area contributed by atoms with Gasteiger partial charge in [0.1, 0.15) is 0 Å². The number of rotatable bonds is 0. The Hall–Kier alpha value is 0.470. The fraction of sp³-hybridized carbons (Fsp3) is 0.800. The van der Waals surface area contributed by atoms with Crippen LogP contribution in [0.2, 0.25) is 0 Å². The molecule has 1 heterocycles. The van der Waals surface area contributed by atoms with Crippen molar-refractivity contribution in [2.75, 3.05) is 6.61 Å². The molecule has 1 saturated heterocycles. The van der Waals surface area contributed by atoms with Gasteiger partial charge in [-0.1, -0.05) is 6.92 Å². The molecular weight excluding hydrogens is 115 g/mol. The Morgan fingerprint density at radius 2 is 2.38 bits per heavy atom. The number of hydrogen-bond donors (Lipinski definition) is 0. The number of cyclic esters (lactones) is 1. The quantitative estimate of drug-likeness (QED) is 0.333. The normalized spacial score (nSPS) is 26.6. The van der Waals surface area contributed by atoms with Crippen molar-refractivity contribution in [2.45, 2.75) is 13.3 Å². The first-order valence-electron chi connectivity index (χ1n) is 2.47. The molecule has 0 spiro atoms. The third-order valence-corrected chi connectivity index (χ3v) is 1.20. The van der Waals surface area contributed by atoms with Gasteiger partial charge in [0.15, 0.2) is 0 Å². The molecule has 2 nitrogen and oxygen atoms in total. The number of carbonyl (C=O) groups is 1. The molecule has 1 aliphatic rings. The predicted octanol–water partition coefficient (Wildman–Crippen LogP) is -0.0791. The summed E-state index contributed by atoms with van der Waals surface area (Å²) in [5.41, 5.74) is 0. The molecule has 0 aromatic carbocycles. The summed E-state index contributed by atoms with van der Waals surface area (Å²) in [7, 11) is 0. The molecule has 0 bridgehead atoms. The van der Waals surface area contributed by atoms with Crippen LogP contribution in [0.25, 0.3) is 0 Å². The fourth-order valence-corrected chi connectivity index (χ4v) is 0.596. The summed E-state index contributed by atoms with van der Waals surface area (Å²) in [6.07, 6.45) is 0.902. The van der Waals surface area contributed by atoms with Gasteiger partial charge in [-0.25, -0.2) is 0 Å². The Kier molecular flexibility index (Phi) is 3.69. The van der Waals surface area contributed by atoms with Gasteiger partial charge in [0.2, 0.25) is 0 Å². The Morgan fingerprint density at radius 1 is 1.75 bits per heavy atom. The van der Waals surface area contributed by atoms with Crippen molar-refractivity contribution in [2.24, 2.45) is 5.92 Å². The van der Waals surface area contributed by atoms with Crippen molar-refractivity contribution in [1.82, 2.24) is 0 Å². The van der Waals surface area contributed by atoms with Crippen molar-refractivity contribution in [3.63, 3.8) is 0 Å². The molecule has 1 fully saturated rings. The van der Waals surface area contributed by atoms with Crippen LogP contribution in [0.5, 0.6) is 0 Å². The summed E-state index contributed by atoms with van der Waals surface area (Å²) >= 11 is 0. The first kappa shape index (κ1) is 8.47. The van der Waals surface area contributed by atoms with Gasteiger partial charge in [0.25, 0.3) is 0 Å². The van der Waals surface area contributed by atoms with Crippen molar-refractivity contribution in [3.05, 3.63) is 0 Å². The van der Waals surface area contributed by atoms with Gasteiger partial charge in [0, 0.05) is 0 Å². The molecule has 0 amide bonds. The third-order valence-electron chi connectivity index (χ3n) is 1.20. The van der Waals surface area contributed by atoms with Gasteiger partial charge in [-0.15, -0.1) is 0 Å². The minimum atomic E-state index is -0.0417. The summed E-state index contributed by atoms with van der Waals surface area (Å²) < 4.78 is 4.63. The van der Waals surface area contributed by atoms with E-state index in [0.717, 1.165) is 6.42 Å². The van der Waals surface area contributed by atoms with Crippen LogP contribution in [-0.4, -0.2) is 42.1 Å². The first-order valence-corrected chi connectivity index (χ1v) is 2.47. The van der Waals surface area contributed by atoms with E-state index in [9.17, 15) is 4.79 Å². The Labute approximate surface area is 70.9 Å². The van der Waals surface area contributed by atoms with E-state index in [0.29, 0.717) is 6.61 Å². The average molecular weight is 124 g/mol. The Bertz CT molecular complexity index is 92.4. The molecule has 1 unspecified atom stereocenters. The van der Waals surface area contributed by atoms with Crippen molar-refractivity contribution < 1.29 is 9.53 Å². The zero-order chi connectivity index (χ0) is 5.28. The molecule has 0 saturated carbocycles.